The summed E-state index contributed by atoms with van der Waals surface area (Å²) in [5.41, 5.74) is 0.412. The Balaban J connectivity index is 2.38. The minimum absolute atomic E-state index is 0.380. The van der Waals surface area contributed by atoms with Crippen molar-refractivity contribution < 1.29 is 4.79 Å². The molecule has 1 aliphatic rings. The van der Waals surface area contributed by atoms with Gasteiger partial charge in [-0.15, -0.1) is 0 Å². The van der Waals surface area contributed by atoms with Crippen LogP contribution in [-0.4, -0.2) is 21.4 Å². The lowest BCUT2D eigenvalue weighted by atomic mass is 9.79. The first-order valence-electron chi connectivity index (χ1n) is 5.70. The molecule has 0 spiro atoms. The number of rotatable bonds is 1. The molecule has 1 fully saturated rings. The molecule has 1 aliphatic carbocycles. The fraction of sp³-hybridized carbons (Fsp3) is 0.900. The summed E-state index contributed by atoms with van der Waals surface area (Å²) >= 11 is 0. The Hall–Kier alpha value is -0.200. The van der Waals surface area contributed by atoms with Gasteiger partial charge in [0.25, 0.3) is 0 Å². The Morgan fingerprint density at radius 2 is 1.54 bits per heavy atom. The number of hydrogen-bond acceptors (Lipinski definition) is 1. The fourth-order valence-corrected chi connectivity index (χ4v) is 2.29. The van der Waals surface area contributed by atoms with Gasteiger partial charge in [0.1, 0.15) is 7.85 Å². The fourth-order valence-electron chi connectivity index (χ4n) is 2.29. The van der Waals surface area contributed by atoms with Crippen molar-refractivity contribution in [1.82, 2.24) is 0 Å². The summed E-state index contributed by atoms with van der Waals surface area (Å²) in [6.45, 7) is 0. The van der Waals surface area contributed by atoms with Gasteiger partial charge in [0.05, 0.1) is 5.68 Å². The highest BCUT2D eigenvalue weighted by atomic mass is 16.1. The van der Waals surface area contributed by atoms with Crippen molar-refractivity contribution >= 4 is 21.4 Å². The molecular formula is C10H20B2O. The van der Waals surface area contributed by atoms with Gasteiger partial charge >= 0.3 is 0 Å². The van der Waals surface area contributed by atoms with E-state index in [9.17, 15) is 4.79 Å². The zero-order valence-corrected chi connectivity index (χ0v) is 9.01. The SMILES string of the molecule is BC(=O)C1CCCCC(B)CCC1. The summed E-state index contributed by atoms with van der Waals surface area (Å²) in [7, 11) is 4.10. The monoisotopic (exact) mass is 178 g/mol. The molecule has 0 amide bonds. The zero-order valence-electron chi connectivity index (χ0n) is 9.01. The largest absolute Gasteiger partial charge is 0.312 e. The number of hydrogen-bond donors (Lipinski definition) is 0. The van der Waals surface area contributed by atoms with Crippen molar-refractivity contribution in [2.24, 2.45) is 5.92 Å². The van der Waals surface area contributed by atoms with Crippen molar-refractivity contribution in [2.75, 3.05) is 0 Å². The van der Waals surface area contributed by atoms with E-state index >= 15 is 0 Å². The van der Waals surface area contributed by atoms with Crippen LogP contribution in [0.25, 0.3) is 0 Å². The number of carbonyl (C=O) groups excluding carboxylic acids is 1. The van der Waals surface area contributed by atoms with Crippen LogP contribution in [-0.2, 0) is 4.79 Å². The van der Waals surface area contributed by atoms with E-state index < -0.39 is 0 Å². The van der Waals surface area contributed by atoms with Crippen LogP contribution in [0.3, 0.4) is 0 Å². The van der Waals surface area contributed by atoms with Crippen molar-refractivity contribution in [2.45, 2.75) is 50.8 Å². The van der Waals surface area contributed by atoms with Crippen molar-refractivity contribution in [3.63, 3.8) is 0 Å². The van der Waals surface area contributed by atoms with E-state index in [1.807, 2.05) is 0 Å². The second-order valence-corrected chi connectivity index (χ2v) is 4.63. The quantitative estimate of drug-likeness (QED) is 0.545. The molecule has 1 nitrogen and oxygen atoms in total. The van der Waals surface area contributed by atoms with Crippen molar-refractivity contribution in [1.29, 1.82) is 0 Å². The van der Waals surface area contributed by atoms with Gasteiger partial charge in [-0.25, -0.2) is 0 Å². The van der Waals surface area contributed by atoms with Crippen LogP contribution in [0.1, 0.15) is 44.9 Å². The standard InChI is InChI=1S/C10H20B2O/c11-9-6-2-1-4-8(10(12)13)5-3-7-9/h8-9H,1-7,11-12H2. The first-order valence-corrected chi connectivity index (χ1v) is 5.70. The molecule has 0 radical (unpaired) electrons. The van der Waals surface area contributed by atoms with Crippen molar-refractivity contribution in [3.8, 4) is 0 Å². The van der Waals surface area contributed by atoms with E-state index in [0.717, 1.165) is 18.7 Å². The van der Waals surface area contributed by atoms with Crippen LogP contribution in [0.5, 0.6) is 0 Å². The van der Waals surface area contributed by atoms with Gasteiger partial charge in [-0.2, -0.15) is 0 Å². The molecule has 0 aromatic heterocycles. The maximum absolute atomic E-state index is 11.3. The van der Waals surface area contributed by atoms with Gasteiger partial charge in [0.2, 0.25) is 0 Å². The van der Waals surface area contributed by atoms with E-state index in [1.54, 1.807) is 7.85 Å². The highest BCUT2D eigenvalue weighted by Gasteiger charge is 2.15. The topological polar surface area (TPSA) is 17.1 Å². The van der Waals surface area contributed by atoms with Gasteiger partial charge in [-0.1, -0.05) is 37.9 Å². The molecule has 0 bridgehead atoms. The molecule has 72 valence electrons. The Bertz CT molecular complexity index is 170. The van der Waals surface area contributed by atoms with Gasteiger partial charge in [0.15, 0.2) is 7.85 Å². The maximum atomic E-state index is 11.3. The van der Waals surface area contributed by atoms with E-state index in [4.69, 9.17) is 0 Å². The normalized spacial score (nSPS) is 31.4. The third kappa shape index (κ3) is 4.02. The molecule has 1 rings (SSSR count). The number of carbonyl (C=O) groups is 1. The van der Waals surface area contributed by atoms with E-state index in [0.29, 0.717) is 11.6 Å². The minimum atomic E-state index is 0.380. The lowest BCUT2D eigenvalue weighted by Crippen LogP contribution is -2.13. The van der Waals surface area contributed by atoms with Crippen LogP contribution in [0.15, 0.2) is 0 Å². The summed E-state index contributed by atoms with van der Waals surface area (Å²) in [6.07, 6.45) is 8.81. The average Bonchev–Trinajstić information content (AvgIpc) is 2.16. The highest BCUT2D eigenvalue weighted by Crippen LogP contribution is 2.26. The van der Waals surface area contributed by atoms with Gasteiger partial charge in [0, 0.05) is 5.92 Å². The van der Waals surface area contributed by atoms with E-state index in [2.05, 4.69) is 7.85 Å². The summed E-state index contributed by atoms with van der Waals surface area (Å²) < 4.78 is 0. The third-order valence-corrected chi connectivity index (χ3v) is 3.32. The van der Waals surface area contributed by atoms with Crippen LogP contribution in [0.2, 0.25) is 5.82 Å². The van der Waals surface area contributed by atoms with Gasteiger partial charge in [-0.05, 0) is 12.8 Å². The minimum Gasteiger partial charge on any atom is -0.312 e. The van der Waals surface area contributed by atoms with E-state index in [1.165, 1.54) is 32.1 Å². The van der Waals surface area contributed by atoms with Crippen LogP contribution in [0.4, 0.5) is 0 Å². The van der Waals surface area contributed by atoms with Gasteiger partial charge < -0.3 is 4.79 Å². The van der Waals surface area contributed by atoms with E-state index in [-0.39, 0.29) is 0 Å². The second-order valence-electron chi connectivity index (χ2n) is 4.63. The predicted octanol–water partition coefficient (Wildman–Crippen LogP) is 0.928. The van der Waals surface area contributed by atoms with Gasteiger partial charge in [-0.3, -0.25) is 0 Å². The lowest BCUT2D eigenvalue weighted by molar-refractivity contribution is -0.115. The molecule has 1 saturated carbocycles. The first-order chi connectivity index (χ1) is 6.20. The molecule has 3 heteroatoms. The Morgan fingerprint density at radius 3 is 2.23 bits per heavy atom. The molecule has 0 heterocycles. The third-order valence-electron chi connectivity index (χ3n) is 3.32. The van der Waals surface area contributed by atoms with Crippen molar-refractivity contribution in [3.05, 3.63) is 0 Å². The Kier molecular flexibility index (Phi) is 4.61. The molecule has 0 N–H and O–H groups in total. The lowest BCUT2D eigenvalue weighted by Gasteiger charge is -2.11. The maximum Gasteiger partial charge on any atom is 0.187 e. The summed E-state index contributed by atoms with van der Waals surface area (Å²) in [5, 5.41) is 0. The first kappa shape index (κ1) is 10.9. The smallest absolute Gasteiger partial charge is 0.187 e. The van der Waals surface area contributed by atoms with Crippen LogP contribution >= 0.6 is 0 Å². The molecule has 2 atom stereocenters. The molecule has 13 heavy (non-hydrogen) atoms. The molecule has 0 aromatic carbocycles. The Labute approximate surface area is 83.5 Å². The summed E-state index contributed by atoms with van der Waals surface area (Å²) in [5.74, 6) is 1.26. The predicted molar refractivity (Wildman–Crippen MR) is 61.7 cm³/mol. The van der Waals surface area contributed by atoms with Crippen LogP contribution < -0.4 is 0 Å². The molecule has 0 aliphatic heterocycles. The zero-order chi connectivity index (χ0) is 9.68. The highest BCUT2D eigenvalue weighted by molar-refractivity contribution is 6.58. The molecule has 0 saturated heterocycles. The summed E-state index contributed by atoms with van der Waals surface area (Å²) in [4.78, 5) is 11.3. The van der Waals surface area contributed by atoms with Crippen LogP contribution in [0, 0.1) is 5.92 Å². The average molecular weight is 178 g/mol. The molecular weight excluding hydrogens is 158 g/mol. The summed E-state index contributed by atoms with van der Waals surface area (Å²) in [6, 6.07) is 0. The molecule has 0 aromatic rings. The molecule has 2 unspecified atom stereocenters. The Morgan fingerprint density at radius 1 is 1.00 bits per heavy atom. The second kappa shape index (κ2) is 5.51.